The Labute approximate surface area is 116 Å². The first kappa shape index (κ1) is 15.4. The number of sulfone groups is 1. The van der Waals surface area contributed by atoms with Gasteiger partial charge in [-0.05, 0) is 24.6 Å². The summed E-state index contributed by atoms with van der Waals surface area (Å²) in [7, 11) is -3.25. The van der Waals surface area contributed by atoms with E-state index in [4.69, 9.17) is 5.26 Å². The van der Waals surface area contributed by atoms with Crippen molar-refractivity contribution in [2.45, 2.75) is 17.6 Å². The van der Waals surface area contributed by atoms with Gasteiger partial charge in [0, 0.05) is 17.7 Å². The van der Waals surface area contributed by atoms with Crippen LogP contribution < -0.4 is 5.32 Å². The van der Waals surface area contributed by atoms with E-state index < -0.39 is 15.7 Å². The lowest BCUT2D eigenvalue weighted by Crippen LogP contribution is -2.24. The smallest absolute Gasteiger partial charge is 0.261 e. The zero-order valence-electron chi connectivity index (χ0n) is 10.6. The molecule has 0 aliphatic rings. The lowest BCUT2D eigenvalue weighted by molar-refractivity contribution is -0.117. The van der Waals surface area contributed by atoms with Gasteiger partial charge in [-0.25, -0.2) is 8.42 Å². The summed E-state index contributed by atoms with van der Waals surface area (Å²) < 4.78 is 22.9. The summed E-state index contributed by atoms with van der Waals surface area (Å²) in [5.74, 6) is -0.446. The molecule has 1 N–H and O–H groups in total. The normalized spacial score (nSPS) is 11.9. The van der Waals surface area contributed by atoms with Crippen molar-refractivity contribution in [3.63, 3.8) is 0 Å². The van der Waals surface area contributed by atoms with Crippen LogP contribution in [-0.4, -0.2) is 27.1 Å². The first-order chi connectivity index (χ1) is 8.88. The molecule has 1 aromatic rings. The van der Waals surface area contributed by atoms with E-state index in [0.717, 1.165) is 24.0 Å². The fourth-order valence-electron chi connectivity index (χ4n) is 1.24. The molecule has 102 valence electrons. The second kappa shape index (κ2) is 6.50. The summed E-state index contributed by atoms with van der Waals surface area (Å²) in [6.07, 6.45) is 3.29. The Balaban J connectivity index is 2.97. The molecule has 0 atom stereocenters. The van der Waals surface area contributed by atoms with Crippen LogP contribution in [0.25, 0.3) is 6.08 Å². The summed E-state index contributed by atoms with van der Waals surface area (Å²) in [5, 5.41) is 11.5. The molecule has 1 amide bonds. The molecular formula is C12H14N2O3S2. The Bertz CT molecular complexity index is 636. The Morgan fingerprint density at radius 3 is 2.68 bits per heavy atom. The van der Waals surface area contributed by atoms with Crippen LogP contribution in [0, 0.1) is 11.3 Å². The number of nitriles is 1. The minimum atomic E-state index is -3.25. The first-order valence-corrected chi connectivity index (χ1v) is 8.29. The van der Waals surface area contributed by atoms with Gasteiger partial charge in [0.25, 0.3) is 5.91 Å². The SMILES string of the molecule is CCCNC(=O)/C(C#N)=C/c1ccc(S(C)(=O)=O)s1. The molecule has 5 nitrogen and oxygen atoms in total. The molecule has 0 unspecified atom stereocenters. The molecule has 0 spiro atoms. The van der Waals surface area contributed by atoms with Gasteiger partial charge >= 0.3 is 0 Å². The number of thiophene rings is 1. The second-order valence-electron chi connectivity index (χ2n) is 3.85. The van der Waals surface area contributed by atoms with E-state index in [1.54, 1.807) is 6.07 Å². The van der Waals surface area contributed by atoms with Gasteiger partial charge in [0.1, 0.15) is 15.9 Å². The summed E-state index contributed by atoms with van der Waals surface area (Å²) >= 11 is 1.03. The average Bonchev–Trinajstić information content (AvgIpc) is 2.81. The van der Waals surface area contributed by atoms with E-state index in [2.05, 4.69) is 5.32 Å². The summed E-state index contributed by atoms with van der Waals surface area (Å²) in [4.78, 5) is 12.2. The van der Waals surface area contributed by atoms with Crippen LogP contribution >= 0.6 is 11.3 Å². The van der Waals surface area contributed by atoms with Crippen molar-refractivity contribution in [2.24, 2.45) is 0 Å². The summed E-state index contributed by atoms with van der Waals surface area (Å²) in [6.45, 7) is 2.41. The third-order valence-electron chi connectivity index (χ3n) is 2.15. The van der Waals surface area contributed by atoms with Crippen molar-refractivity contribution >= 4 is 33.2 Å². The zero-order chi connectivity index (χ0) is 14.5. The average molecular weight is 298 g/mol. The van der Waals surface area contributed by atoms with Crippen LogP contribution in [0.2, 0.25) is 0 Å². The molecule has 1 aromatic heterocycles. The van der Waals surface area contributed by atoms with Crippen LogP contribution in [0.3, 0.4) is 0 Å². The number of nitrogens with one attached hydrogen (secondary N) is 1. The van der Waals surface area contributed by atoms with Gasteiger partial charge in [-0.1, -0.05) is 6.92 Å². The molecule has 0 fully saturated rings. The molecule has 0 radical (unpaired) electrons. The van der Waals surface area contributed by atoms with Crippen molar-refractivity contribution in [1.82, 2.24) is 5.32 Å². The molecule has 19 heavy (non-hydrogen) atoms. The number of hydrogen-bond donors (Lipinski definition) is 1. The van der Waals surface area contributed by atoms with Crippen molar-refractivity contribution in [2.75, 3.05) is 12.8 Å². The maximum Gasteiger partial charge on any atom is 0.261 e. The number of nitrogens with zero attached hydrogens (tertiary/aromatic N) is 1. The van der Waals surface area contributed by atoms with Crippen LogP contribution in [0.4, 0.5) is 0 Å². The van der Waals surface area contributed by atoms with Gasteiger partial charge in [0.15, 0.2) is 9.84 Å². The van der Waals surface area contributed by atoms with E-state index in [-0.39, 0.29) is 9.78 Å². The third kappa shape index (κ3) is 4.50. The van der Waals surface area contributed by atoms with Crippen molar-refractivity contribution in [3.05, 3.63) is 22.6 Å². The topological polar surface area (TPSA) is 87.0 Å². The fourth-order valence-corrected chi connectivity index (χ4v) is 3.13. The van der Waals surface area contributed by atoms with E-state index in [1.165, 1.54) is 12.1 Å². The molecule has 1 heterocycles. The highest BCUT2D eigenvalue weighted by Crippen LogP contribution is 2.23. The molecule has 0 bridgehead atoms. The Hall–Kier alpha value is -1.65. The van der Waals surface area contributed by atoms with E-state index >= 15 is 0 Å². The van der Waals surface area contributed by atoms with Crippen LogP contribution in [0.5, 0.6) is 0 Å². The molecular weight excluding hydrogens is 284 g/mol. The Morgan fingerprint density at radius 2 is 2.21 bits per heavy atom. The summed E-state index contributed by atoms with van der Waals surface area (Å²) in [6, 6.07) is 4.85. The Kier molecular flexibility index (Phi) is 5.27. The maximum absolute atomic E-state index is 11.6. The predicted octanol–water partition coefficient (Wildman–Crippen LogP) is 1.58. The third-order valence-corrected chi connectivity index (χ3v) is 5.01. The standard InChI is InChI=1S/C12H14N2O3S2/c1-3-6-14-12(15)9(8-13)7-10-4-5-11(18-10)19(2,16)17/h4-5,7H,3,6H2,1-2H3,(H,14,15)/b9-7+. The lowest BCUT2D eigenvalue weighted by atomic mass is 10.2. The molecule has 0 saturated carbocycles. The molecule has 0 aliphatic carbocycles. The molecule has 0 aromatic carbocycles. The van der Waals surface area contributed by atoms with Gasteiger partial charge in [0.2, 0.25) is 0 Å². The quantitative estimate of drug-likeness (QED) is 0.660. The largest absolute Gasteiger partial charge is 0.351 e. The van der Waals surface area contributed by atoms with Crippen molar-refractivity contribution in [1.29, 1.82) is 5.26 Å². The van der Waals surface area contributed by atoms with Gasteiger partial charge in [-0.2, -0.15) is 5.26 Å². The number of hydrogen-bond acceptors (Lipinski definition) is 5. The van der Waals surface area contributed by atoms with Gasteiger partial charge in [0.05, 0.1) is 0 Å². The van der Waals surface area contributed by atoms with E-state index in [1.807, 2.05) is 13.0 Å². The van der Waals surface area contributed by atoms with Gasteiger partial charge in [-0.3, -0.25) is 4.79 Å². The number of rotatable bonds is 5. The van der Waals surface area contributed by atoms with Crippen LogP contribution in [-0.2, 0) is 14.6 Å². The van der Waals surface area contributed by atoms with E-state index in [0.29, 0.717) is 11.4 Å². The van der Waals surface area contributed by atoms with E-state index in [9.17, 15) is 13.2 Å². The highest BCUT2D eigenvalue weighted by atomic mass is 32.2. The number of carbonyl (C=O) groups excluding carboxylic acids is 1. The molecule has 0 aliphatic heterocycles. The highest BCUT2D eigenvalue weighted by Gasteiger charge is 2.12. The predicted molar refractivity (Wildman–Crippen MR) is 74.3 cm³/mol. The monoisotopic (exact) mass is 298 g/mol. The summed E-state index contributed by atoms with van der Waals surface area (Å²) in [5.41, 5.74) is -0.0321. The zero-order valence-corrected chi connectivity index (χ0v) is 12.3. The minimum Gasteiger partial charge on any atom is -0.351 e. The second-order valence-corrected chi connectivity index (χ2v) is 7.21. The number of amides is 1. The highest BCUT2D eigenvalue weighted by molar-refractivity contribution is 7.92. The lowest BCUT2D eigenvalue weighted by Gasteiger charge is -2.00. The molecule has 7 heteroatoms. The van der Waals surface area contributed by atoms with Crippen LogP contribution in [0.15, 0.2) is 21.9 Å². The van der Waals surface area contributed by atoms with Crippen molar-refractivity contribution < 1.29 is 13.2 Å². The molecule has 1 rings (SSSR count). The van der Waals surface area contributed by atoms with Gasteiger partial charge in [-0.15, -0.1) is 11.3 Å². The first-order valence-electron chi connectivity index (χ1n) is 5.58. The van der Waals surface area contributed by atoms with Gasteiger partial charge < -0.3 is 5.32 Å². The number of carbonyl (C=O) groups is 1. The Morgan fingerprint density at radius 1 is 1.53 bits per heavy atom. The molecule has 0 saturated heterocycles. The van der Waals surface area contributed by atoms with Crippen LogP contribution in [0.1, 0.15) is 18.2 Å². The minimum absolute atomic E-state index is 0.0321. The van der Waals surface area contributed by atoms with Crippen molar-refractivity contribution in [3.8, 4) is 6.07 Å². The fraction of sp³-hybridized carbons (Fsp3) is 0.333. The maximum atomic E-state index is 11.6.